The first kappa shape index (κ1) is 61.6. The number of aromatic nitrogens is 5. The maximum atomic E-state index is 15.0. The van der Waals surface area contributed by atoms with Gasteiger partial charge in [-0.3, -0.25) is 38.5 Å². The number of rotatable bonds is 38. The number of hydrogen-bond donors (Lipinski definition) is 4. The summed E-state index contributed by atoms with van der Waals surface area (Å²) in [6.07, 6.45) is 22.1. The van der Waals surface area contributed by atoms with Gasteiger partial charge in [-0.1, -0.05) is 76.5 Å². The lowest BCUT2D eigenvalue weighted by atomic mass is 9.86. The molecule has 432 valence electrons. The van der Waals surface area contributed by atoms with Crippen LogP contribution in [-0.2, 0) is 32.1 Å². The fourth-order valence-electron chi connectivity index (χ4n) is 10.7. The van der Waals surface area contributed by atoms with Crippen LogP contribution in [-0.4, -0.2) is 134 Å². The van der Waals surface area contributed by atoms with E-state index in [9.17, 15) is 29.1 Å². The number of aryl methyl sites for hydroxylation is 3. The lowest BCUT2D eigenvalue weighted by Gasteiger charge is -2.36. The molecule has 1 aromatic carbocycles. The summed E-state index contributed by atoms with van der Waals surface area (Å²) in [5.41, 5.74) is 4.11. The van der Waals surface area contributed by atoms with Crippen LogP contribution < -0.4 is 24.6 Å². The highest BCUT2D eigenvalue weighted by atomic mass is 16.5. The second-order valence-electron chi connectivity index (χ2n) is 22.6. The van der Waals surface area contributed by atoms with Crippen molar-refractivity contribution in [3.05, 3.63) is 83.4 Å². The van der Waals surface area contributed by atoms with Gasteiger partial charge >= 0.3 is 17.9 Å². The second kappa shape index (κ2) is 31.8. The fourth-order valence-corrected chi connectivity index (χ4v) is 10.7. The van der Waals surface area contributed by atoms with Gasteiger partial charge in [-0.2, -0.15) is 0 Å². The normalized spacial score (nSPS) is 14.3. The van der Waals surface area contributed by atoms with Crippen molar-refractivity contribution < 1.29 is 48.8 Å². The molecule has 6 rings (SSSR count). The molecule has 1 saturated heterocycles. The number of nitrogens with one attached hydrogen (secondary N) is 1. The predicted octanol–water partition coefficient (Wildman–Crippen LogP) is 9.61. The lowest BCUT2D eigenvalue weighted by Crippen LogP contribution is -2.41. The van der Waals surface area contributed by atoms with Gasteiger partial charge in [-0.25, -0.2) is 9.97 Å². The Morgan fingerprint density at radius 2 is 1.53 bits per heavy atom. The van der Waals surface area contributed by atoms with Gasteiger partial charge in [0, 0.05) is 75.9 Å². The van der Waals surface area contributed by atoms with Crippen LogP contribution in [0.15, 0.2) is 60.9 Å². The number of nitrogens with zero attached hydrogens (tertiary/aromatic N) is 8. The number of carbonyl (C=O) groups is 5. The molecular formula is C60H87N9O10. The van der Waals surface area contributed by atoms with Gasteiger partial charge in [0.15, 0.2) is 0 Å². The van der Waals surface area contributed by atoms with E-state index in [1.165, 1.54) is 4.90 Å². The number of benzene rings is 1. The van der Waals surface area contributed by atoms with E-state index < -0.39 is 17.9 Å². The zero-order valence-electron chi connectivity index (χ0n) is 47.3. The summed E-state index contributed by atoms with van der Waals surface area (Å²) in [6, 6.07) is 15.4. The number of pyridine rings is 2. The summed E-state index contributed by atoms with van der Waals surface area (Å²) in [4.78, 5) is 75.5. The third-order valence-electron chi connectivity index (χ3n) is 15.2. The maximum absolute atomic E-state index is 15.0. The minimum absolute atomic E-state index is 0.0177. The summed E-state index contributed by atoms with van der Waals surface area (Å²) >= 11 is 0. The summed E-state index contributed by atoms with van der Waals surface area (Å²) in [5, 5.41) is 39.1. The Morgan fingerprint density at radius 3 is 2.23 bits per heavy atom. The fraction of sp³-hybridized carbons (Fsp3) is 0.617. The van der Waals surface area contributed by atoms with Crippen LogP contribution in [0.4, 0.5) is 11.5 Å². The van der Waals surface area contributed by atoms with Crippen LogP contribution in [0, 0.1) is 24.2 Å². The molecule has 79 heavy (non-hydrogen) atoms. The molecule has 2 aliphatic rings. The van der Waals surface area contributed by atoms with E-state index in [1.807, 2.05) is 65.0 Å². The Bertz CT molecular complexity index is 2540. The van der Waals surface area contributed by atoms with Gasteiger partial charge in [-0.15, -0.1) is 5.10 Å². The molecule has 0 bridgehead atoms. The van der Waals surface area contributed by atoms with Crippen LogP contribution >= 0.6 is 0 Å². The third-order valence-corrected chi connectivity index (χ3v) is 15.2. The van der Waals surface area contributed by atoms with E-state index in [0.717, 1.165) is 151 Å². The van der Waals surface area contributed by atoms with Crippen molar-refractivity contribution in [3.8, 4) is 11.6 Å². The van der Waals surface area contributed by atoms with Crippen molar-refractivity contribution in [3.63, 3.8) is 0 Å². The quantitative estimate of drug-likeness (QED) is 0.0305. The second-order valence-corrected chi connectivity index (χ2v) is 22.6. The Balaban J connectivity index is 0.882. The standard InChI is InChI=1S/C60H87N9O10/c1-44-18-16-20-53(63-44)69(59(77)50-25-24-49(78-4)37-52(50)67-34-27-45(28-35-67)42-79-55-36-47(26-31-62-55)51(38-56(71)72)46-22-23-46)43-60(2,3)29-14-10-11-15-33-68-39-48(64-65-68)19-12-8-6-5-7-9-13-21-54(70)61-30-17-32-66(40-57(73)74)41-58(75)76/h16,18,20,24-26,31,36-37,39,45-46,51H,5-15,17,19,21-23,27-30,32-35,38,40-43H2,1-4H3,(H,61,70)(H,71,72)(H,73,74)(H,75,76)/t51-/m0/s1. The Labute approximate surface area is 466 Å². The smallest absolute Gasteiger partial charge is 0.317 e. The summed E-state index contributed by atoms with van der Waals surface area (Å²) in [7, 11) is 1.65. The molecule has 1 atom stereocenters. The average molecular weight is 1090 g/mol. The first-order chi connectivity index (χ1) is 38.0. The topological polar surface area (TPSA) is 243 Å². The molecule has 2 amide bonds. The molecule has 1 saturated carbocycles. The lowest BCUT2D eigenvalue weighted by molar-refractivity contribution is -0.142. The van der Waals surface area contributed by atoms with Crippen LogP contribution in [0.2, 0.25) is 0 Å². The largest absolute Gasteiger partial charge is 0.497 e. The number of anilines is 2. The number of carboxylic acids is 3. The number of carboxylic acid groups (broad SMARTS) is 3. The van der Waals surface area contributed by atoms with Crippen molar-refractivity contribution in [1.29, 1.82) is 0 Å². The number of methoxy groups -OCH3 is 1. The summed E-state index contributed by atoms with van der Waals surface area (Å²) < 4.78 is 13.9. The van der Waals surface area contributed by atoms with Gasteiger partial charge in [0.2, 0.25) is 11.8 Å². The highest BCUT2D eigenvalue weighted by molar-refractivity contribution is 6.09. The molecule has 4 heterocycles. The van der Waals surface area contributed by atoms with Crippen LogP contribution in [0.1, 0.15) is 169 Å². The van der Waals surface area contributed by atoms with Crippen LogP contribution in [0.5, 0.6) is 11.6 Å². The van der Waals surface area contributed by atoms with Gasteiger partial charge in [-0.05, 0) is 130 Å². The minimum Gasteiger partial charge on any atom is -0.497 e. The third kappa shape index (κ3) is 21.9. The zero-order chi connectivity index (χ0) is 56.6. The number of hydrogen-bond acceptors (Lipinski definition) is 13. The maximum Gasteiger partial charge on any atom is 0.317 e. The van der Waals surface area contributed by atoms with Crippen molar-refractivity contribution >= 4 is 41.2 Å². The number of amides is 2. The molecule has 4 N–H and O–H groups in total. The molecule has 3 aromatic heterocycles. The SMILES string of the molecule is COc1ccc(C(=O)N(CC(C)(C)CCCCCCn2cc(CCCCCCCCCC(=O)NCCCN(CC(=O)O)CC(=O)O)nn2)c2cccc(C)n2)c(N2CCC(COc3cc([C@@H](CC(=O)O)C4CC4)ccn3)CC2)c1. The highest BCUT2D eigenvalue weighted by Crippen LogP contribution is 2.45. The number of ether oxygens (including phenoxy) is 2. The molecular weight excluding hydrogens is 1010 g/mol. The van der Waals surface area contributed by atoms with Crippen molar-refractivity contribution in [2.75, 3.05) is 69.3 Å². The van der Waals surface area contributed by atoms with Crippen molar-refractivity contribution in [2.24, 2.45) is 17.3 Å². The predicted molar refractivity (Wildman–Crippen MR) is 303 cm³/mol. The monoisotopic (exact) mass is 1090 g/mol. The Hall–Kier alpha value is -6.63. The number of aliphatic carboxylic acids is 3. The number of unbranched alkanes of at least 4 members (excludes halogenated alkanes) is 9. The van der Waals surface area contributed by atoms with Crippen LogP contribution in [0.3, 0.4) is 0 Å². The molecule has 19 nitrogen and oxygen atoms in total. The molecule has 0 spiro atoms. The van der Waals surface area contributed by atoms with E-state index >= 15 is 0 Å². The number of piperidine rings is 1. The number of carbonyl (C=O) groups excluding carboxylic acids is 2. The van der Waals surface area contributed by atoms with Crippen molar-refractivity contribution in [2.45, 2.75) is 162 Å². The van der Waals surface area contributed by atoms with E-state index in [1.54, 1.807) is 13.3 Å². The Kier molecular flexibility index (Phi) is 24.8. The zero-order valence-corrected chi connectivity index (χ0v) is 47.3. The molecule has 0 radical (unpaired) electrons. The molecule has 0 unspecified atom stereocenters. The minimum atomic E-state index is -1.08. The highest BCUT2D eigenvalue weighted by Gasteiger charge is 2.35. The van der Waals surface area contributed by atoms with Gasteiger partial charge in [0.25, 0.3) is 5.91 Å². The van der Waals surface area contributed by atoms with Gasteiger partial charge in [0.1, 0.15) is 11.6 Å². The Morgan fingerprint density at radius 1 is 0.823 bits per heavy atom. The van der Waals surface area contributed by atoms with E-state index in [2.05, 4.69) is 45.6 Å². The molecule has 1 aliphatic carbocycles. The molecule has 4 aromatic rings. The molecule has 19 heteroatoms. The van der Waals surface area contributed by atoms with Crippen LogP contribution in [0.25, 0.3) is 0 Å². The van der Waals surface area contributed by atoms with E-state index in [0.29, 0.717) is 67.4 Å². The van der Waals surface area contributed by atoms with E-state index in [-0.39, 0.29) is 49.2 Å². The van der Waals surface area contributed by atoms with Gasteiger partial charge < -0.3 is 35.0 Å². The van der Waals surface area contributed by atoms with Crippen molar-refractivity contribution in [1.82, 2.24) is 35.2 Å². The first-order valence-electron chi connectivity index (χ1n) is 28.9. The average Bonchev–Trinajstić information content (AvgIpc) is 4.19. The summed E-state index contributed by atoms with van der Waals surface area (Å²) in [6.45, 7) is 9.74. The van der Waals surface area contributed by atoms with E-state index in [4.69, 9.17) is 24.7 Å². The first-order valence-corrected chi connectivity index (χ1v) is 28.9. The molecule has 1 aliphatic heterocycles. The summed E-state index contributed by atoms with van der Waals surface area (Å²) in [5.74, 6) is -0.527. The van der Waals surface area contributed by atoms with Gasteiger partial charge in [0.05, 0.1) is 50.2 Å². The molecule has 2 fully saturated rings.